The number of anilines is 1. The molecular formula is C13H11BrClFN2O2S. The number of rotatable bonds is 4. The van der Waals surface area contributed by atoms with Gasteiger partial charge in [0.1, 0.15) is 10.7 Å². The molecule has 2 aromatic rings. The Morgan fingerprint density at radius 3 is 2.57 bits per heavy atom. The summed E-state index contributed by atoms with van der Waals surface area (Å²) in [5.74, 6) is -0.702. The molecule has 0 fully saturated rings. The van der Waals surface area contributed by atoms with Crippen LogP contribution in [0.15, 0.2) is 45.8 Å². The number of hydrogen-bond donors (Lipinski definition) is 2. The van der Waals surface area contributed by atoms with Crippen LogP contribution < -0.4 is 10.5 Å². The first kappa shape index (κ1) is 16.2. The number of benzene rings is 2. The molecule has 2 aromatic carbocycles. The van der Waals surface area contributed by atoms with Crippen LogP contribution in [0.1, 0.15) is 5.56 Å². The number of nitrogens with one attached hydrogen (secondary N) is 1. The van der Waals surface area contributed by atoms with Crippen LogP contribution in [-0.2, 0) is 16.6 Å². The molecule has 112 valence electrons. The summed E-state index contributed by atoms with van der Waals surface area (Å²) in [5, 5.41) is -0.0794. The lowest BCUT2D eigenvalue weighted by Crippen LogP contribution is -2.14. The first-order chi connectivity index (χ1) is 9.83. The van der Waals surface area contributed by atoms with Crippen molar-refractivity contribution in [1.82, 2.24) is 0 Å². The molecular weight excluding hydrogens is 383 g/mol. The molecule has 0 aromatic heterocycles. The Kier molecular flexibility index (Phi) is 4.88. The van der Waals surface area contributed by atoms with Crippen molar-refractivity contribution in [2.75, 3.05) is 4.72 Å². The third-order valence-corrected chi connectivity index (χ3v) is 5.37. The monoisotopic (exact) mass is 392 g/mol. The van der Waals surface area contributed by atoms with Crippen LogP contribution in [-0.4, -0.2) is 8.42 Å². The van der Waals surface area contributed by atoms with E-state index in [1.807, 2.05) is 0 Å². The van der Waals surface area contributed by atoms with E-state index in [-0.39, 0.29) is 22.2 Å². The molecule has 0 amide bonds. The number of sulfonamides is 1. The Morgan fingerprint density at radius 1 is 1.24 bits per heavy atom. The zero-order valence-electron chi connectivity index (χ0n) is 10.6. The van der Waals surface area contributed by atoms with Crippen molar-refractivity contribution in [2.24, 2.45) is 5.73 Å². The maximum Gasteiger partial charge on any atom is 0.263 e. The van der Waals surface area contributed by atoms with Crippen molar-refractivity contribution in [3.8, 4) is 0 Å². The summed E-state index contributed by atoms with van der Waals surface area (Å²) in [5.41, 5.74) is 6.26. The predicted octanol–water partition coefficient (Wildman–Crippen LogP) is 3.50. The Bertz CT molecular complexity index is 784. The maximum absolute atomic E-state index is 13.4. The first-order valence-electron chi connectivity index (χ1n) is 5.80. The van der Waals surface area contributed by atoms with E-state index in [4.69, 9.17) is 17.3 Å². The van der Waals surface area contributed by atoms with E-state index in [9.17, 15) is 12.8 Å². The van der Waals surface area contributed by atoms with Crippen LogP contribution in [0.3, 0.4) is 0 Å². The molecule has 0 saturated carbocycles. The van der Waals surface area contributed by atoms with Crippen molar-refractivity contribution < 1.29 is 12.8 Å². The molecule has 8 heteroatoms. The molecule has 0 aliphatic carbocycles. The lowest BCUT2D eigenvalue weighted by molar-refractivity contribution is 0.600. The largest absolute Gasteiger partial charge is 0.326 e. The van der Waals surface area contributed by atoms with Gasteiger partial charge in [-0.15, -0.1) is 0 Å². The molecule has 0 radical (unpaired) electrons. The highest BCUT2D eigenvalue weighted by molar-refractivity contribution is 9.10. The van der Waals surface area contributed by atoms with Gasteiger partial charge in [-0.3, -0.25) is 4.72 Å². The van der Waals surface area contributed by atoms with Crippen LogP contribution in [0, 0.1) is 5.82 Å². The number of halogens is 3. The van der Waals surface area contributed by atoms with E-state index in [1.54, 1.807) is 12.1 Å². The second kappa shape index (κ2) is 6.31. The summed E-state index contributed by atoms with van der Waals surface area (Å²) >= 11 is 8.74. The summed E-state index contributed by atoms with van der Waals surface area (Å²) in [6, 6.07) is 8.44. The molecule has 0 bridgehead atoms. The third-order valence-electron chi connectivity index (χ3n) is 2.69. The molecule has 2 rings (SSSR count). The van der Waals surface area contributed by atoms with Crippen LogP contribution in [0.4, 0.5) is 10.1 Å². The van der Waals surface area contributed by atoms with Gasteiger partial charge >= 0.3 is 0 Å². The van der Waals surface area contributed by atoms with Crippen molar-refractivity contribution in [3.05, 3.63) is 57.3 Å². The molecule has 4 nitrogen and oxygen atoms in total. The van der Waals surface area contributed by atoms with Gasteiger partial charge in [0, 0.05) is 11.0 Å². The summed E-state index contributed by atoms with van der Waals surface area (Å²) in [6.45, 7) is 0.214. The SMILES string of the molecule is NCc1ccc(Br)c(S(=O)(=O)Nc2ccc(Cl)c(F)c2)c1. The highest BCUT2D eigenvalue weighted by Gasteiger charge is 2.18. The molecule has 0 aliphatic rings. The molecule has 0 aliphatic heterocycles. The molecule has 3 N–H and O–H groups in total. The quantitative estimate of drug-likeness (QED) is 0.835. The second-order valence-electron chi connectivity index (χ2n) is 4.20. The minimum Gasteiger partial charge on any atom is -0.326 e. The Labute approximate surface area is 135 Å². The van der Waals surface area contributed by atoms with Gasteiger partial charge in [0.05, 0.1) is 10.7 Å². The minimum absolute atomic E-state index is 0.0285. The topological polar surface area (TPSA) is 72.2 Å². The fraction of sp³-hybridized carbons (Fsp3) is 0.0769. The van der Waals surface area contributed by atoms with Gasteiger partial charge in [-0.25, -0.2) is 12.8 Å². The van der Waals surface area contributed by atoms with Crippen LogP contribution >= 0.6 is 27.5 Å². The molecule has 21 heavy (non-hydrogen) atoms. The number of hydrogen-bond acceptors (Lipinski definition) is 3. The lowest BCUT2D eigenvalue weighted by Gasteiger charge is -2.11. The zero-order chi connectivity index (χ0) is 15.6. The van der Waals surface area contributed by atoms with E-state index < -0.39 is 15.8 Å². The van der Waals surface area contributed by atoms with E-state index in [0.717, 1.165) is 6.07 Å². The third kappa shape index (κ3) is 3.74. The summed E-state index contributed by atoms with van der Waals surface area (Å²) in [4.78, 5) is 0.0285. The van der Waals surface area contributed by atoms with Crippen molar-refractivity contribution in [2.45, 2.75) is 11.4 Å². The molecule has 0 unspecified atom stereocenters. The van der Waals surface area contributed by atoms with Gasteiger partial charge in [-0.05, 0) is 51.8 Å². The van der Waals surface area contributed by atoms with Crippen molar-refractivity contribution >= 4 is 43.2 Å². The molecule has 0 saturated heterocycles. The molecule has 0 atom stereocenters. The zero-order valence-corrected chi connectivity index (χ0v) is 13.8. The molecule has 0 spiro atoms. The highest BCUT2D eigenvalue weighted by atomic mass is 79.9. The standard InChI is InChI=1S/C13H11BrClFN2O2S/c14-10-3-1-8(7-17)5-13(10)21(19,20)18-9-2-4-11(15)12(16)6-9/h1-6,18H,7,17H2. The smallest absolute Gasteiger partial charge is 0.263 e. The van der Waals surface area contributed by atoms with E-state index in [2.05, 4.69) is 20.7 Å². The van der Waals surface area contributed by atoms with E-state index in [0.29, 0.717) is 10.0 Å². The Balaban J connectivity index is 2.40. The minimum atomic E-state index is -3.87. The average Bonchev–Trinajstić information content (AvgIpc) is 2.43. The van der Waals surface area contributed by atoms with Gasteiger partial charge in [0.15, 0.2) is 0 Å². The fourth-order valence-electron chi connectivity index (χ4n) is 1.65. The normalized spacial score (nSPS) is 11.4. The molecule has 0 heterocycles. The Morgan fingerprint density at radius 2 is 1.95 bits per heavy atom. The number of nitrogens with two attached hydrogens (primary N) is 1. The average molecular weight is 394 g/mol. The van der Waals surface area contributed by atoms with Crippen LogP contribution in [0.5, 0.6) is 0 Å². The summed E-state index contributed by atoms with van der Waals surface area (Å²) in [6.07, 6.45) is 0. The second-order valence-corrected chi connectivity index (χ2v) is 7.12. The maximum atomic E-state index is 13.4. The Hall–Kier alpha value is -1.15. The van der Waals surface area contributed by atoms with Gasteiger partial charge in [0.2, 0.25) is 0 Å². The van der Waals surface area contributed by atoms with E-state index >= 15 is 0 Å². The predicted molar refractivity (Wildman–Crippen MR) is 84.3 cm³/mol. The van der Waals surface area contributed by atoms with Gasteiger partial charge < -0.3 is 5.73 Å². The summed E-state index contributed by atoms with van der Waals surface area (Å²) in [7, 11) is -3.87. The van der Waals surface area contributed by atoms with Crippen LogP contribution in [0.25, 0.3) is 0 Å². The van der Waals surface area contributed by atoms with Crippen LogP contribution in [0.2, 0.25) is 5.02 Å². The lowest BCUT2D eigenvalue weighted by atomic mass is 10.2. The summed E-state index contributed by atoms with van der Waals surface area (Å²) < 4.78 is 40.7. The van der Waals surface area contributed by atoms with Gasteiger partial charge in [-0.1, -0.05) is 17.7 Å². The van der Waals surface area contributed by atoms with Crippen molar-refractivity contribution in [3.63, 3.8) is 0 Å². The first-order valence-corrected chi connectivity index (χ1v) is 8.45. The fourth-order valence-corrected chi connectivity index (χ4v) is 3.83. The highest BCUT2D eigenvalue weighted by Crippen LogP contribution is 2.26. The van der Waals surface area contributed by atoms with E-state index in [1.165, 1.54) is 18.2 Å². The van der Waals surface area contributed by atoms with Gasteiger partial charge in [0.25, 0.3) is 10.0 Å². The van der Waals surface area contributed by atoms with Crippen molar-refractivity contribution in [1.29, 1.82) is 0 Å². The van der Waals surface area contributed by atoms with Gasteiger partial charge in [-0.2, -0.15) is 0 Å².